The standard InChI is InChI=1S/C25H36O5/c1-29-23(16-11-10-14-19-12-6-5-7-13-19)25-20(21(26)18-22(25)27)15-8-3-4-9-17-24(28)30-2/h3,5-8,12-13,16,20-22,25-27H,4,9-11,14-15,17-18H2,1-2H3/t20?,21-,22+,25+/m1/s1. The third-order valence-corrected chi connectivity index (χ3v) is 5.83. The van der Waals surface area contributed by atoms with Gasteiger partial charge in [-0.2, -0.15) is 0 Å². The van der Waals surface area contributed by atoms with Gasteiger partial charge in [-0.3, -0.25) is 4.79 Å². The van der Waals surface area contributed by atoms with E-state index in [0.717, 1.165) is 37.9 Å². The summed E-state index contributed by atoms with van der Waals surface area (Å²) in [7, 11) is 3.04. The number of ether oxygens (including phenoxy) is 2. The second kappa shape index (κ2) is 13.2. The number of aliphatic hydroxyl groups is 2. The summed E-state index contributed by atoms with van der Waals surface area (Å²) < 4.78 is 10.3. The second-order valence-corrected chi connectivity index (χ2v) is 7.92. The maximum absolute atomic E-state index is 11.1. The van der Waals surface area contributed by atoms with E-state index in [-0.39, 0.29) is 17.8 Å². The van der Waals surface area contributed by atoms with E-state index in [1.165, 1.54) is 12.7 Å². The summed E-state index contributed by atoms with van der Waals surface area (Å²) in [5, 5.41) is 21.0. The van der Waals surface area contributed by atoms with Gasteiger partial charge in [-0.05, 0) is 50.2 Å². The van der Waals surface area contributed by atoms with Crippen molar-refractivity contribution < 1.29 is 24.5 Å². The zero-order valence-corrected chi connectivity index (χ0v) is 18.2. The quantitative estimate of drug-likeness (QED) is 0.231. The molecular weight excluding hydrogens is 380 g/mol. The molecule has 1 aliphatic carbocycles. The van der Waals surface area contributed by atoms with Gasteiger partial charge in [-0.25, -0.2) is 0 Å². The smallest absolute Gasteiger partial charge is 0.305 e. The lowest BCUT2D eigenvalue weighted by atomic mass is 9.88. The van der Waals surface area contributed by atoms with Gasteiger partial charge < -0.3 is 19.7 Å². The normalized spacial score (nSPS) is 24.3. The maximum atomic E-state index is 11.1. The Morgan fingerprint density at radius 2 is 1.80 bits per heavy atom. The SMILES string of the molecule is COC(=O)CCCC=CCC1[C@H](O)C[C@H](O)[C@H]1C(=CCCCc1ccccc1)OC. The number of carbonyl (C=O) groups excluding carboxylic acids is 1. The molecule has 1 aromatic carbocycles. The van der Waals surface area contributed by atoms with Crippen LogP contribution in [0.2, 0.25) is 0 Å². The van der Waals surface area contributed by atoms with Crippen molar-refractivity contribution in [2.75, 3.05) is 14.2 Å². The van der Waals surface area contributed by atoms with E-state index in [2.05, 4.69) is 35.1 Å². The molecule has 5 nitrogen and oxygen atoms in total. The molecule has 5 heteroatoms. The first-order valence-corrected chi connectivity index (χ1v) is 10.9. The number of hydrogen-bond donors (Lipinski definition) is 2. The first-order chi connectivity index (χ1) is 14.6. The van der Waals surface area contributed by atoms with Crippen molar-refractivity contribution in [2.45, 2.75) is 63.6 Å². The minimum absolute atomic E-state index is 0.0721. The van der Waals surface area contributed by atoms with Gasteiger partial charge >= 0.3 is 5.97 Å². The summed E-state index contributed by atoms with van der Waals surface area (Å²) in [6.07, 6.45) is 10.9. The fourth-order valence-corrected chi connectivity index (χ4v) is 4.19. The van der Waals surface area contributed by atoms with Crippen molar-refractivity contribution in [2.24, 2.45) is 11.8 Å². The van der Waals surface area contributed by atoms with Gasteiger partial charge in [0.15, 0.2) is 0 Å². The number of hydrogen-bond acceptors (Lipinski definition) is 5. The molecule has 1 aromatic rings. The van der Waals surface area contributed by atoms with Crippen LogP contribution in [0.15, 0.2) is 54.3 Å². The van der Waals surface area contributed by atoms with Crippen LogP contribution in [0.5, 0.6) is 0 Å². The number of carbonyl (C=O) groups is 1. The van der Waals surface area contributed by atoms with Crippen LogP contribution in [-0.2, 0) is 20.7 Å². The molecule has 0 aromatic heterocycles. The Hall–Kier alpha value is -2.11. The van der Waals surface area contributed by atoms with Crippen molar-refractivity contribution in [3.05, 3.63) is 59.9 Å². The molecule has 166 valence electrons. The fourth-order valence-electron chi connectivity index (χ4n) is 4.19. The number of esters is 1. The summed E-state index contributed by atoms with van der Waals surface area (Å²) in [5.41, 5.74) is 1.32. The van der Waals surface area contributed by atoms with Gasteiger partial charge in [0.2, 0.25) is 0 Å². The molecule has 0 radical (unpaired) electrons. The molecule has 0 heterocycles. The van der Waals surface area contributed by atoms with Gasteiger partial charge in [0.05, 0.1) is 32.2 Å². The number of methoxy groups -OCH3 is 2. The van der Waals surface area contributed by atoms with E-state index in [4.69, 9.17) is 4.74 Å². The van der Waals surface area contributed by atoms with Crippen LogP contribution < -0.4 is 0 Å². The largest absolute Gasteiger partial charge is 0.501 e. The Balaban J connectivity index is 1.87. The second-order valence-electron chi connectivity index (χ2n) is 7.92. The predicted molar refractivity (Wildman–Crippen MR) is 118 cm³/mol. The number of rotatable bonds is 12. The average molecular weight is 417 g/mol. The van der Waals surface area contributed by atoms with Crippen molar-refractivity contribution >= 4 is 5.97 Å². The van der Waals surface area contributed by atoms with Crippen LogP contribution in [0.1, 0.15) is 50.5 Å². The highest BCUT2D eigenvalue weighted by Gasteiger charge is 2.43. The van der Waals surface area contributed by atoms with Gasteiger partial charge in [-0.1, -0.05) is 42.5 Å². The number of unbranched alkanes of at least 4 members (excludes halogenated alkanes) is 2. The molecule has 0 aliphatic heterocycles. The van der Waals surface area contributed by atoms with Gasteiger partial charge in [0, 0.05) is 24.7 Å². The highest BCUT2D eigenvalue weighted by atomic mass is 16.5. The van der Waals surface area contributed by atoms with Crippen LogP contribution in [-0.4, -0.2) is 42.6 Å². The predicted octanol–water partition coefficient (Wildman–Crippen LogP) is 4.19. The van der Waals surface area contributed by atoms with E-state index in [9.17, 15) is 15.0 Å². The Bertz CT molecular complexity index is 682. The van der Waals surface area contributed by atoms with E-state index < -0.39 is 12.2 Å². The third-order valence-electron chi connectivity index (χ3n) is 5.83. The molecule has 1 saturated carbocycles. The van der Waals surface area contributed by atoms with E-state index in [1.54, 1.807) is 7.11 Å². The molecule has 2 rings (SSSR count). The zero-order valence-electron chi connectivity index (χ0n) is 18.2. The topological polar surface area (TPSA) is 76.0 Å². The Kier molecular flexibility index (Phi) is 10.7. The average Bonchev–Trinajstić information content (AvgIpc) is 3.04. The molecule has 1 fully saturated rings. The van der Waals surface area contributed by atoms with Gasteiger partial charge in [0.1, 0.15) is 0 Å². The number of allylic oxidation sites excluding steroid dienone is 3. The summed E-state index contributed by atoms with van der Waals surface area (Å²) in [6, 6.07) is 10.4. The highest BCUT2D eigenvalue weighted by Crippen LogP contribution is 2.40. The molecule has 0 saturated heterocycles. The van der Waals surface area contributed by atoms with Crippen molar-refractivity contribution in [1.29, 1.82) is 0 Å². The van der Waals surface area contributed by atoms with Crippen molar-refractivity contribution in [1.82, 2.24) is 0 Å². The maximum Gasteiger partial charge on any atom is 0.305 e. The number of aryl methyl sites for hydroxylation is 1. The highest BCUT2D eigenvalue weighted by molar-refractivity contribution is 5.69. The fraction of sp³-hybridized carbons (Fsp3) is 0.560. The lowest BCUT2D eigenvalue weighted by molar-refractivity contribution is -0.140. The van der Waals surface area contributed by atoms with Crippen LogP contribution in [0.4, 0.5) is 0 Å². The molecule has 1 aliphatic rings. The molecule has 30 heavy (non-hydrogen) atoms. The molecule has 0 spiro atoms. The summed E-state index contributed by atoms with van der Waals surface area (Å²) in [5.74, 6) is 0.315. The van der Waals surface area contributed by atoms with E-state index in [0.29, 0.717) is 19.3 Å². The van der Waals surface area contributed by atoms with Crippen LogP contribution in [0.3, 0.4) is 0 Å². The van der Waals surface area contributed by atoms with Crippen molar-refractivity contribution in [3.63, 3.8) is 0 Å². The Morgan fingerprint density at radius 1 is 1.03 bits per heavy atom. The molecule has 4 atom stereocenters. The van der Waals surface area contributed by atoms with Crippen LogP contribution >= 0.6 is 0 Å². The lowest BCUT2D eigenvalue weighted by Gasteiger charge is -2.24. The van der Waals surface area contributed by atoms with E-state index >= 15 is 0 Å². The lowest BCUT2D eigenvalue weighted by Crippen LogP contribution is -2.24. The summed E-state index contributed by atoms with van der Waals surface area (Å²) >= 11 is 0. The van der Waals surface area contributed by atoms with E-state index in [1.807, 2.05) is 18.2 Å². The molecule has 2 N–H and O–H groups in total. The molecule has 1 unspecified atom stereocenters. The first-order valence-electron chi connectivity index (χ1n) is 10.9. The summed E-state index contributed by atoms with van der Waals surface area (Å²) in [6.45, 7) is 0. The molecular formula is C25H36O5. The number of benzene rings is 1. The minimum Gasteiger partial charge on any atom is -0.501 e. The third kappa shape index (κ3) is 7.62. The van der Waals surface area contributed by atoms with Gasteiger partial charge in [-0.15, -0.1) is 0 Å². The monoisotopic (exact) mass is 416 g/mol. The zero-order chi connectivity index (χ0) is 21.8. The van der Waals surface area contributed by atoms with Gasteiger partial charge in [0.25, 0.3) is 0 Å². The number of aliphatic hydroxyl groups excluding tert-OH is 2. The Labute approximate surface area is 180 Å². The molecule has 0 bridgehead atoms. The van der Waals surface area contributed by atoms with Crippen molar-refractivity contribution in [3.8, 4) is 0 Å². The minimum atomic E-state index is -0.599. The van der Waals surface area contributed by atoms with Crippen LogP contribution in [0.25, 0.3) is 0 Å². The Morgan fingerprint density at radius 3 is 2.50 bits per heavy atom. The first kappa shape index (κ1) is 24.2. The molecule has 0 amide bonds. The van der Waals surface area contributed by atoms with Crippen LogP contribution in [0, 0.1) is 11.8 Å². The summed E-state index contributed by atoms with van der Waals surface area (Å²) in [4.78, 5) is 11.1.